The van der Waals surface area contributed by atoms with Crippen LogP contribution < -0.4 is 17.1 Å². The number of aromatic nitrogens is 3. The molecular weight excluding hydrogens is 266 g/mol. The van der Waals surface area contributed by atoms with Crippen molar-refractivity contribution in [2.24, 2.45) is 0 Å². The maximum atomic E-state index is 11.3. The van der Waals surface area contributed by atoms with Crippen LogP contribution in [0.3, 0.4) is 0 Å². The van der Waals surface area contributed by atoms with E-state index in [4.69, 9.17) is 15.3 Å². The Kier molecular flexibility index (Phi) is 3.84. The molecule has 0 atom stereocenters. The van der Waals surface area contributed by atoms with E-state index < -0.39 is 41.3 Å². The highest BCUT2D eigenvalue weighted by Crippen LogP contribution is 2.00. The van der Waals surface area contributed by atoms with E-state index in [0.717, 1.165) is 0 Å². The van der Waals surface area contributed by atoms with E-state index in [0.29, 0.717) is 0 Å². The average Bonchev–Trinajstić information content (AvgIpc) is 2.23. The highest BCUT2D eigenvalue weighted by atomic mass is 16.7. The SMILES string of the molecule is C=C(C(=O)OCC(O)(O)O)n1c(=O)[nH]c(=O)[nH]c1=O. The largest absolute Gasteiger partial charge is 0.452 e. The molecule has 19 heavy (non-hydrogen) atoms. The molecule has 104 valence electrons. The van der Waals surface area contributed by atoms with E-state index in [2.05, 4.69) is 11.3 Å². The molecular formula is C8H9N3O8. The molecule has 0 bridgehead atoms. The Morgan fingerprint density at radius 3 is 2.11 bits per heavy atom. The lowest BCUT2D eigenvalue weighted by Gasteiger charge is -2.14. The third kappa shape index (κ3) is 3.74. The maximum absolute atomic E-state index is 11.3. The molecule has 1 aromatic heterocycles. The number of esters is 1. The Morgan fingerprint density at radius 1 is 1.21 bits per heavy atom. The molecule has 11 heteroatoms. The van der Waals surface area contributed by atoms with Crippen molar-refractivity contribution in [3.05, 3.63) is 38.0 Å². The van der Waals surface area contributed by atoms with Crippen LogP contribution in [0, 0.1) is 0 Å². The van der Waals surface area contributed by atoms with Crippen molar-refractivity contribution in [2.45, 2.75) is 5.97 Å². The summed E-state index contributed by atoms with van der Waals surface area (Å²) in [7, 11) is 0. The zero-order valence-corrected chi connectivity index (χ0v) is 9.24. The molecule has 0 unspecified atom stereocenters. The number of hydrogen-bond donors (Lipinski definition) is 5. The normalized spacial score (nSPS) is 11.1. The van der Waals surface area contributed by atoms with Gasteiger partial charge in [0.15, 0.2) is 6.61 Å². The first-order valence-corrected chi connectivity index (χ1v) is 4.61. The summed E-state index contributed by atoms with van der Waals surface area (Å²) in [5.41, 5.74) is -4.35. The Labute approximate surface area is 103 Å². The minimum Gasteiger partial charge on any atom is -0.452 e. The number of nitrogens with one attached hydrogen (secondary N) is 2. The fourth-order valence-electron chi connectivity index (χ4n) is 1.01. The molecule has 0 amide bonds. The van der Waals surface area contributed by atoms with E-state index in [1.54, 1.807) is 9.97 Å². The van der Waals surface area contributed by atoms with Crippen molar-refractivity contribution in [1.29, 1.82) is 0 Å². The molecule has 0 fully saturated rings. The fourth-order valence-corrected chi connectivity index (χ4v) is 1.01. The van der Waals surface area contributed by atoms with Crippen LogP contribution in [0.15, 0.2) is 21.0 Å². The lowest BCUT2D eigenvalue weighted by Crippen LogP contribution is -2.44. The van der Waals surface area contributed by atoms with Crippen LogP contribution in [-0.4, -0.2) is 48.4 Å². The molecule has 11 nitrogen and oxygen atoms in total. The monoisotopic (exact) mass is 275 g/mol. The molecule has 1 rings (SSSR count). The Balaban J connectivity index is 3.03. The van der Waals surface area contributed by atoms with E-state index in [-0.39, 0.29) is 4.57 Å². The predicted octanol–water partition coefficient (Wildman–Crippen LogP) is -4.13. The number of H-pyrrole nitrogens is 2. The zero-order chi connectivity index (χ0) is 14.8. The second-order valence-electron chi connectivity index (χ2n) is 3.32. The van der Waals surface area contributed by atoms with E-state index in [1.807, 2.05) is 0 Å². The smallest absolute Gasteiger partial charge is 0.355 e. The van der Waals surface area contributed by atoms with Gasteiger partial charge in [-0.05, 0) is 0 Å². The summed E-state index contributed by atoms with van der Waals surface area (Å²) in [6, 6.07) is 0. The summed E-state index contributed by atoms with van der Waals surface area (Å²) in [5.74, 6) is -4.65. The Bertz CT molecular complexity index is 638. The van der Waals surface area contributed by atoms with Crippen LogP contribution in [0.4, 0.5) is 0 Å². The summed E-state index contributed by atoms with van der Waals surface area (Å²) in [4.78, 5) is 48.0. The van der Waals surface area contributed by atoms with Gasteiger partial charge in [0.05, 0.1) is 0 Å². The molecule has 0 aromatic carbocycles. The van der Waals surface area contributed by atoms with Gasteiger partial charge in [-0.1, -0.05) is 6.58 Å². The Morgan fingerprint density at radius 2 is 1.68 bits per heavy atom. The summed E-state index contributed by atoms with van der Waals surface area (Å²) in [6.45, 7) is 1.84. The first-order chi connectivity index (χ1) is 8.61. The highest BCUT2D eigenvalue weighted by molar-refractivity contribution is 6.08. The number of carbonyl (C=O) groups is 1. The standard InChI is InChI=1S/C8H9N3O8/c1-3(4(12)19-2-8(16,17)18)11-6(14)9-5(13)10-7(11)15/h16-18H,1-2H2,(H2,9,10,13,14,15). The van der Waals surface area contributed by atoms with Crippen molar-refractivity contribution in [2.75, 3.05) is 6.61 Å². The molecule has 0 aliphatic heterocycles. The van der Waals surface area contributed by atoms with Gasteiger partial charge in [0, 0.05) is 0 Å². The van der Waals surface area contributed by atoms with Gasteiger partial charge in [0.1, 0.15) is 5.70 Å². The number of aliphatic hydroxyl groups is 3. The van der Waals surface area contributed by atoms with Crippen molar-refractivity contribution in [1.82, 2.24) is 14.5 Å². The van der Waals surface area contributed by atoms with Crippen molar-refractivity contribution in [3.8, 4) is 0 Å². The summed E-state index contributed by atoms with van der Waals surface area (Å²) < 4.78 is 4.33. The van der Waals surface area contributed by atoms with Gasteiger partial charge in [0.25, 0.3) is 0 Å². The second-order valence-corrected chi connectivity index (χ2v) is 3.32. The summed E-state index contributed by atoms with van der Waals surface area (Å²) in [6.07, 6.45) is 0. The van der Waals surface area contributed by atoms with Gasteiger partial charge in [0.2, 0.25) is 0 Å². The van der Waals surface area contributed by atoms with Crippen molar-refractivity contribution < 1.29 is 24.9 Å². The first kappa shape index (κ1) is 14.6. The molecule has 0 radical (unpaired) electrons. The lowest BCUT2D eigenvalue weighted by molar-refractivity contribution is -0.327. The third-order valence-corrected chi connectivity index (χ3v) is 1.75. The lowest BCUT2D eigenvalue weighted by atomic mass is 10.5. The second kappa shape index (κ2) is 5.01. The van der Waals surface area contributed by atoms with Crippen molar-refractivity contribution in [3.63, 3.8) is 0 Å². The quantitative estimate of drug-likeness (QED) is 0.209. The number of rotatable bonds is 4. The van der Waals surface area contributed by atoms with Gasteiger partial charge in [-0.3, -0.25) is 9.97 Å². The minimum absolute atomic E-state index is 0.164. The molecule has 0 spiro atoms. The molecule has 0 saturated heterocycles. The van der Waals surface area contributed by atoms with Crippen LogP contribution >= 0.6 is 0 Å². The molecule has 5 N–H and O–H groups in total. The van der Waals surface area contributed by atoms with E-state index in [1.165, 1.54) is 0 Å². The van der Waals surface area contributed by atoms with Gasteiger partial charge < -0.3 is 20.1 Å². The maximum Gasteiger partial charge on any atom is 0.355 e. The van der Waals surface area contributed by atoms with Crippen molar-refractivity contribution >= 4 is 11.7 Å². The van der Waals surface area contributed by atoms with Crippen LogP contribution in [0.5, 0.6) is 0 Å². The number of nitrogens with zero attached hydrogens (tertiary/aromatic N) is 1. The van der Waals surface area contributed by atoms with E-state index in [9.17, 15) is 19.2 Å². The number of ether oxygens (including phenoxy) is 1. The number of aromatic amines is 2. The Hall–Kier alpha value is -2.50. The first-order valence-electron chi connectivity index (χ1n) is 4.61. The summed E-state index contributed by atoms with van der Waals surface area (Å²) in [5, 5.41) is 25.5. The average molecular weight is 275 g/mol. The third-order valence-electron chi connectivity index (χ3n) is 1.75. The van der Waals surface area contributed by atoms with Crippen LogP contribution in [-0.2, 0) is 9.53 Å². The summed E-state index contributed by atoms with van der Waals surface area (Å²) >= 11 is 0. The van der Waals surface area contributed by atoms with Crippen LogP contribution in [0.25, 0.3) is 5.70 Å². The molecule has 1 aromatic rings. The van der Waals surface area contributed by atoms with Crippen LogP contribution in [0.1, 0.15) is 0 Å². The topological polar surface area (TPSA) is 175 Å². The predicted molar refractivity (Wildman–Crippen MR) is 57.6 cm³/mol. The van der Waals surface area contributed by atoms with Gasteiger partial charge in [-0.2, -0.15) is 0 Å². The molecule has 1 heterocycles. The zero-order valence-electron chi connectivity index (χ0n) is 9.24. The highest BCUT2D eigenvalue weighted by Gasteiger charge is 2.23. The number of hydrogen-bond acceptors (Lipinski definition) is 8. The van der Waals surface area contributed by atoms with E-state index >= 15 is 0 Å². The molecule has 0 aliphatic rings. The van der Waals surface area contributed by atoms with Gasteiger partial charge in [-0.25, -0.2) is 23.7 Å². The van der Waals surface area contributed by atoms with Gasteiger partial charge >= 0.3 is 29.0 Å². The fraction of sp³-hybridized carbons (Fsp3) is 0.250. The van der Waals surface area contributed by atoms with Crippen LogP contribution in [0.2, 0.25) is 0 Å². The van der Waals surface area contributed by atoms with Gasteiger partial charge in [-0.15, -0.1) is 0 Å². The molecule has 0 aliphatic carbocycles. The number of carbonyl (C=O) groups excluding carboxylic acids is 1. The molecule has 0 saturated carbocycles. The minimum atomic E-state index is -3.27.